The Morgan fingerprint density at radius 1 is 0.604 bits per heavy atom. The van der Waals surface area contributed by atoms with Gasteiger partial charge in [-0.05, 0) is 81.1 Å². The summed E-state index contributed by atoms with van der Waals surface area (Å²) in [7, 11) is -9.25. The summed E-state index contributed by atoms with van der Waals surface area (Å²) in [5.74, 6) is -2.18. The molecule has 48 heavy (non-hydrogen) atoms. The van der Waals surface area contributed by atoms with Crippen LogP contribution in [0.25, 0.3) is 0 Å². The molecule has 4 amide bonds. The van der Waals surface area contributed by atoms with E-state index in [4.69, 9.17) is 16.5 Å². The number of nitrogens with zero attached hydrogens (tertiary/aromatic N) is 2. The van der Waals surface area contributed by atoms with E-state index in [0.29, 0.717) is 12.5 Å². The van der Waals surface area contributed by atoms with Crippen LogP contribution in [-0.4, -0.2) is 87.0 Å². The molecule has 258 valence electrons. The highest BCUT2D eigenvalue weighted by Gasteiger charge is 2.55. The third-order valence-corrected chi connectivity index (χ3v) is 28.5. The van der Waals surface area contributed by atoms with E-state index in [0.717, 1.165) is 35.9 Å². The molecule has 0 spiro atoms. The molecule has 4 unspecified atom stereocenters. The first-order valence-electron chi connectivity index (χ1n) is 16.8. The van der Waals surface area contributed by atoms with Gasteiger partial charge in [0.05, 0.1) is 22.3 Å². The molecule has 3 aliphatic heterocycles. The number of rotatable bonds is 11. The monoisotopic (exact) mass is 726 g/mol. The Labute approximate surface area is 286 Å². The lowest BCUT2D eigenvalue weighted by atomic mass is 9.96. The minimum absolute atomic E-state index is 0.163. The third kappa shape index (κ3) is 6.91. The van der Waals surface area contributed by atoms with Crippen LogP contribution in [0, 0.1) is 0 Å². The van der Waals surface area contributed by atoms with Gasteiger partial charge in [0.1, 0.15) is 0 Å². The number of hydrogen-bond acceptors (Lipinski definition) is 9. The Hall–Kier alpha value is -2.90. The lowest BCUT2D eigenvalue weighted by Crippen LogP contribution is -2.67. The van der Waals surface area contributed by atoms with Crippen LogP contribution in [0.4, 0.5) is 0 Å². The number of unbranched alkanes of at least 4 members (excludes halogenated alkanes) is 1. The number of hydrogen-bond donors (Lipinski definition) is 0. The van der Waals surface area contributed by atoms with E-state index < -0.39 is 63.7 Å². The first kappa shape index (κ1) is 36.4. The Bertz CT molecular complexity index is 1690. The summed E-state index contributed by atoms with van der Waals surface area (Å²) in [6.45, 7) is 14.9. The smallest absolute Gasteiger partial charge is 0.317 e. The Kier molecular flexibility index (Phi) is 10.2. The zero-order chi connectivity index (χ0) is 35.2. The number of carbonyl (C=O) groups excluding carboxylic acids is 5. The number of ketones is 1. The van der Waals surface area contributed by atoms with Gasteiger partial charge in [0.15, 0.2) is 5.78 Å². The van der Waals surface area contributed by atoms with Gasteiger partial charge in [-0.25, -0.2) is 0 Å². The van der Waals surface area contributed by atoms with E-state index in [9.17, 15) is 24.0 Å². The van der Waals surface area contributed by atoms with E-state index in [1.807, 2.05) is 0 Å². The summed E-state index contributed by atoms with van der Waals surface area (Å²) in [5.41, 5.74) is 1.23. The van der Waals surface area contributed by atoms with Crippen molar-refractivity contribution in [2.45, 2.75) is 90.4 Å². The van der Waals surface area contributed by atoms with Gasteiger partial charge < -0.3 is 16.5 Å². The second-order valence-corrected chi connectivity index (χ2v) is 28.4. The maximum atomic E-state index is 13.6. The van der Waals surface area contributed by atoms with Gasteiger partial charge in [-0.3, -0.25) is 33.8 Å². The molecule has 2 aromatic carbocycles. The van der Waals surface area contributed by atoms with Crippen molar-refractivity contribution in [1.29, 1.82) is 0 Å². The molecule has 0 radical (unpaired) electrons. The first-order valence-corrected chi connectivity index (χ1v) is 26.9. The fraction of sp³-hybridized carbons (Fsp3) is 0.485. The number of benzene rings is 2. The van der Waals surface area contributed by atoms with Crippen molar-refractivity contribution in [3.05, 3.63) is 69.8 Å². The van der Waals surface area contributed by atoms with Crippen LogP contribution in [0.3, 0.4) is 0 Å². The van der Waals surface area contributed by atoms with Gasteiger partial charge in [0, 0.05) is 24.7 Å². The second kappa shape index (κ2) is 13.4. The predicted molar refractivity (Wildman–Crippen MR) is 189 cm³/mol. The van der Waals surface area contributed by atoms with Crippen molar-refractivity contribution in [2.75, 3.05) is 13.6 Å². The Morgan fingerprint density at radius 3 is 1.54 bits per heavy atom. The van der Waals surface area contributed by atoms with Crippen molar-refractivity contribution in [3.8, 4) is 0 Å². The Morgan fingerprint density at radius 2 is 1.02 bits per heavy atom. The van der Waals surface area contributed by atoms with Gasteiger partial charge in [0.25, 0.3) is 23.6 Å². The largest absolute Gasteiger partial charge is 0.416 e. The van der Waals surface area contributed by atoms with Gasteiger partial charge >= 0.3 is 34.2 Å². The van der Waals surface area contributed by atoms with E-state index in [-0.39, 0.29) is 39.9 Å². The van der Waals surface area contributed by atoms with Gasteiger partial charge in [-0.15, -0.1) is 0 Å². The fourth-order valence-electron chi connectivity index (χ4n) is 6.76. The second-order valence-electron chi connectivity index (χ2n) is 13.6. The predicted octanol–water partition coefficient (Wildman–Crippen LogP) is 6.34. The summed E-state index contributed by atoms with van der Waals surface area (Å²) < 4.78 is 27.7. The van der Waals surface area contributed by atoms with Gasteiger partial charge in [-0.2, -0.15) is 0 Å². The topological polar surface area (TPSA) is 129 Å². The zero-order valence-electron chi connectivity index (χ0n) is 29.2. The van der Waals surface area contributed by atoms with Gasteiger partial charge in [-0.1, -0.05) is 45.7 Å². The summed E-state index contributed by atoms with van der Waals surface area (Å²) in [6, 6.07) is 11.8. The molecule has 4 atom stereocenters. The molecule has 3 aliphatic rings. The standard InChI is InChI=1S/C33H46N2O9Si4/c1-9-12-19-47(7)42-45(5,10-2)41-46(6,11-3)43-48(8,44-47)20-13-18-35-32(39)26-17-15-24(22-28(26)33(35)40)29(36)23-14-16-25-27(21-23)31(38)34(4)30(25)37/h14-17,21-22H,9-13,18-20H2,1-8H3. The molecular weight excluding hydrogens is 681 g/mol. The normalized spacial score (nSPS) is 28.8. The number of fused-ring (bicyclic) bond motifs is 2. The van der Waals surface area contributed by atoms with Crippen LogP contribution in [0.15, 0.2) is 36.4 Å². The average molecular weight is 727 g/mol. The molecular formula is C33H46N2O9Si4. The van der Waals surface area contributed by atoms with Crippen molar-refractivity contribution < 1.29 is 40.4 Å². The van der Waals surface area contributed by atoms with Crippen LogP contribution < -0.4 is 0 Å². The number of amides is 4. The lowest BCUT2D eigenvalue weighted by Gasteiger charge is -2.50. The van der Waals surface area contributed by atoms with E-state index in [2.05, 4.69) is 47.0 Å². The summed E-state index contributed by atoms with van der Waals surface area (Å²) in [4.78, 5) is 67.3. The summed E-state index contributed by atoms with van der Waals surface area (Å²) in [5, 5.41) is 0. The summed E-state index contributed by atoms with van der Waals surface area (Å²) >= 11 is 0. The zero-order valence-corrected chi connectivity index (χ0v) is 33.2. The van der Waals surface area contributed by atoms with Crippen molar-refractivity contribution in [3.63, 3.8) is 0 Å². The maximum absolute atomic E-state index is 13.6. The average Bonchev–Trinajstić information content (AvgIpc) is 3.41. The highest BCUT2D eigenvalue weighted by Crippen LogP contribution is 2.38. The molecule has 0 aromatic heterocycles. The van der Waals surface area contributed by atoms with Crippen LogP contribution in [0.1, 0.15) is 97.4 Å². The SMILES string of the molecule is CCCC[Si]1(C)O[Si](C)(CC)O[Si](C)(CC)O[Si](C)(CCCN2C(=O)c3ccc(C(=O)c4ccc5c(c4)C(=O)N(C)C5=O)cc3C2=O)O1. The van der Waals surface area contributed by atoms with Crippen LogP contribution >= 0.6 is 0 Å². The van der Waals surface area contributed by atoms with Crippen molar-refractivity contribution >= 4 is 63.7 Å². The molecule has 0 bridgehead atoms. The molecule has 0 saturated carbocycles. The van der Waals surface area contributed by atoms with E-state index in [1.165, 1.54) is 48.3 Å². The number of imide groups is 2. The van der Waals surface area contributed by atoms with Crippen LogP contribution in [-0.2, 0) is 16.5 Å². The molecule has 1 saturated heterocycles. The van der Waals surface area contributed by atoms with Crippen molar-refractivity contribution in [1.82, 2.24) is 9.80 Å². The fourth-order valence-corrected chi connectivity index (χ4v) is 29.3. The minimum Gasteiger partial charge on any atom is -0.416 e. The maximum Gasteiger partial charge on any atom is 0.317 e. The molecule has 11 nitrogen and oxygen atoms in total. The quantitative estimate of drug-likeness (QED) is 0.148. The highest BCUT2D eigenvalue weighted by atomic mass is 28.5. The molecule has 5 rings (SSSR count). The Balaban J connectivity index is 1.31. The molecule has 0 aliphatic carbocycles. The highest BCUT2D eigenvalue weighted by molar-refractivity contribution is 6.93. The lowest BCUT2D eigenvalue weighted by molar-refractivity contribution is 0.0647. The molecule has 1 fully saturated rings. The minimum atomic E-state index is -2.86. The number of carbonyl (C=O) groups is 5. The van der Waals surface area contributed by atoms with E-state index in [1.54, 1.807) is 0 Å². The van der Waals surface area contributed by atoms with Gasteiger partial charge in [0.2, 0.25) is 0 Å². The molecule has 2 aromatic rings. The van der Waals surface area contributed by atoms with E-state index >= 15 is 0 Å². The molecule has 3 heterocycles. The molecule has 0 N–H and O–H groups in total. The summed E-state index contributed by atoms with van der Waals surface area (Å²) in [6.07, 6.45) is 2.51. The van der Waals surface area contributed by atoms with Crippen LogP contribution in [0.2, 0.25) is 50.4 Å². The van der Waals surface area contributed by atoms with Crippen molar-refractivity contribution in [2.24, 2.45) is 0 Å². The first-order chi connectivity index (χ1) is 22.5. The molecule has 15 heteroatoms. The third-order valence-electron chi connectivity index (χ3n) is 9.59. The van der Waals surface area contributed by atoms with Crippen LogP contribution in [0.5, 0.6) is 0 Å².